The van der Waals surface area contributed by atoms with Crippen LogP contribution in [-0.4, -0.2) is 25.1 Å². The lowest BCUT2D eigenvalue weighted by molar-refractivity contribution is 0.934. The predicted molar refractivity (Wildman–Crippen MR) is 57.9 cm³/mol. The van der Waals surface area contributed by atoms with E-state index in [0.29, 0.717) is 28.7 Å². The summed E-state index contributed by atoms with van der Waals surface area (Å²) in [4.78, 5) is 12.0. The fraction of sp³-hybridized carbons (Fsp3) is 0.143. The van der Waals surface area contributed by atoms with E-state index in [1.165, 1.54) is 6.33 Å². The zero-order chi connectivity index (χ0) is 10.7. The van der Waals surface area contributed by atoms with Gasteiger partial charge in [0.05, 0.1) is 6.54 Å². The Bertz CT molecular complexity index is 420. The van der Waals surface area contributed by atoms with Crippen LogP contribution in [0.4, 0.5) is 11.8 Å². The Balaban J connectivity index is 2.05. The summed E-state index contributed by atoms with van der Waals surface area (Å²) in [7, 11) is 0. The number of rotatable bonds is 3. The Labute approximate surface area is 93.7 Å². The smallest absolute Gasteiger partial charge is 0.226 e. The molecule has 0 radical (unpaired) electrons. The summed E-state index contributed by atoms with van der Waals surface area (Å²) in [6, 6.07) is 1.62. The van der Waals surface area contributed by atoms with Crippen LogP contribution < -0.4 is 11.1 Å². The van der Waals surface area contributed by atoms with E-state index in [9.17, 15) is 0 Å². The van der Waals surface area contributed by atoms with Crippen LogP contribution in [0.2, 0.25) is 0 Å². The second-order valence-corrected chi connectivity index (χ2v) is 3.54. The van der Waals surface area contributed by atoms with Gasteiger partial charge < -0.3 is 11.1 Å². The monoisotopic (exact) mass is 269 g/mol. The first-order valence-corrected chi connectivity index (χ1v) is 4.91. The Hall–Kier alpha value is -1.70. The fourth-order valence-electron chi connectivity index (χ4n) is 0.993. The first-order chi connectivity index (χ1) is 7.24. The van der Waals surface area contributed by atoms with Gasteiger partial charge in [-0.2, -0.15) is 10.1 Å². The third-order valence-electron chi connectivity index (χ3n) is 1.59. The first kappa shape index (κ1) is 9.84. The highest BCUT2D eigenvalue weighted by Crippen LogP contribution is 2.12. The third-order valence-corrected chi connectivity index (χ3v) is 2.00. The number of nitrogen functional groups attached to an aromatic ring is 1. The average molecular weight is 270 g/mol. The number of nitrogens with two attached hydrogens (primary N) is 1. The van der Waals surface area contributed by atoms with Crippen LogP contribution in [0.3, 0.4) is 0 Å². The molecule has 0 aliphatic rings. The number of hydrogen-bond acceptors (Lipinski definition) is 6. The average Bonchev–Trinajstić information content (AvgIpc) is 2.65. The maximum atomic E-state index is 5.55. The standard InChI is InChI=1S/C7H8BrN7/c8-4-1-5(9)14-7(13-4)10-2-6-11-3-12-15-6/h1,3H,2H2,(H,11,12,15)(H3,9,10,13,14). The number of nitrogens with one attached hydrogen (secondary N) is 2. The molecule has 0 fully saturated rings. The van der Waals surface area contributed by atoms with Gasteiger partial charge in [0.25, 0.3) is 0 Å². The molecule has 15 heavy (non-hydrogen) atoms. The molecule has 0 unspecified atom stereocenters. The fourth-order valence-corrected chi connectivity index (χ4v) is 1.40. The van der Waals surface area contributed by atoms with Crippen LogP contribution in [0.1, 0.15) is 5.82 Å². The molecule has 2 rings (SSSR count). The maximum absolute atomic E-state index is 5.55. The lowest BCUT2D eigenvalue weighted by atomic mass is 10.6. The molecule has 0 saturated heterocycles. The Morgan fingerprint density at radius 2 is 2.33 bits per heavy atom. The molecule has 0 aliphatic heterocycles. The second kappa shape index (κ2) is 4.22. The van der Waals surface area contributed by atoms with E-state index in [1.54, 1.807) is 6.07 Å². The van der Waals surface area contributed by atoms with Crippen molar-refractivity contribution in [3.63, 3.8) is 0 Å². The lowest BCUT2D eigenvalue weighted by Crippen LogP contribution is -2.06. The molecule has 7 nitrogen and oxygen atoms in total. The van der Waals surface area contributed by atoms with Crippen molar-refractivity contribution in [3.05, 3.63) is 22.8 Å². The molecule has 2 heterocycles. The molecule has 0 saturated carbocycles. The highest BCUT2D eigenvalue weighted by atomic mass is 79.9. The van der Waals surface area contributed by atoms with Gasteiger partial charge in [-0.05, 0) is 15.9 Å². The van der Waals surface area contributed by atoms with Crippen molar-refractivity contribution >= 4 is 27.7 Å². The van der Waals surface area contributed by atoms with Crippen molar-refractivity contribution in [2.75, 3.05) is 11.1 Å². The number of hydrogen-bond donors (Lipinski definition) is 3. The van der Waals surface area contributed by atoms with Gasteiger partial charge in [-0.1, -0.05) is 0 Å². The summed E-state index contributed by atoms with van der Waals surface area (Å²) < 4.78 is 0.634. The van der Waals surface area contributed by atoms with Crippen molar-refractivity contribution in [1.82, 2.24) is 25.1 Å². The van der Waals surface area contributed by atoms with E-state index in [2.05, 4.69) is 46.4 Å². The molecule has 4 N–H and O–H groups in total. The summed E-state index contributed by atoms with van der Waals surface area (Å²) in [5, 5.41) is 9.40. The minimum Gasteiger partial charge on any atom is -0.383 e. The molecular weight excluding hydrogens is 262 g/mol. The van der Waals surface area contributed by atoms with Crippen molar-refractivity contribution in [1.29, 1.82) is 0 Å². The minimum atomic E-state index is 0.400. The number of aromatic nitrogens is 5. The van der Waals surface area contributed by atoms with E-state index in [0.717, 1.165) is 0 Å². The zero-order valence-corrected chi connectivity index (χ0v) is 9.19. The van der Waals surface area contributed by atoms with Gasteiger partial charge in [0.15, 0.2) is 0 Å². The molecule has 8 heteroatoms. The van der Waals surface area contributed by atoms with Crippen LogP contribution >= 0.6 is 15.9 Å². The van der Waals surface area contributed by atoms with E-state index in [-0.39, 0.29) is 0 Å². The number of nitrogens with zero attached hydrogens (tertiary/aromatic N) is 4. The van der Waals surface area contributed by atoms with Crippen LogP contribution in [0.25, 0.3) is 0 Å². The molecule has 0 amide bonds. The molecule has 2 aromatic heterocycles. The van der Waals surface area contributed by atoms with E-state index < -0.39 is 0 Å². The summed E-state index contributed by atoms with van der Waals surface area (Å²) in [6.07, 6.45) is 1.44. The Kier molecular flexibility index (Phi) is 2.77. The summed E-state index contributed by atoms with van der Waals surface area (Å²) in [5.74, 6) is 1.55. The number of anilines is 2. The van der Waals surface area contributed by atoms with E-state index in [1.807, 2.05) is 0 Å². The predicted octanol–water partition coefficient (Wildman–Crippen LogP) is 0.551. The van der Waals surface area contributed by atoms with Crippen LogP contribution in [-0.2, 0) is 6.54 Å². The van der Waals surface area contributed by atoms with E-state index in [4.69, 9.17) is 5.73 Å². The molecule has 0 spiro atoms. The second-order valence-electron chi connectivity index (χ2n) is 2.72. The molecular formula is C7H8BrN7. The first-order valence-electron chi connectivity index (χ1n) is 4.12. The quantitative estimate of drug-likeness (QED) is 0.703. The Morgan fingerprint density at radius 1 is 1.47 bits per heavy atom. The normalized spacial score (nSPS) is 10.2. The van der Waals surface area contributed by atoms with Crippen LogP contribution in [0.15, 0.2) is 17.0 Å². The lowest BCUT2D eigenvalue weighted by Gasteiger charge is -2.03. The van der Waals surface area contributed by atoms with Gasteiger partial charge >= 0.3 is 0 Å². The number of H-pyrrole nitrogens is 1. The number of halogens is 1. The highest BCUT2D eigenvalue weighted by molar-refractivity contribution is 9.10. The third kappa shape index (κ3) is 2.62. The molecule has 78 valence electrons. The largest absolute Gasteiger partial charge is 0.383 e. The molecule has 2 aromatic rings. The van der Waals surface area contributed by atoms with Gasteiger partial charge in [-0.25, -0.2) is 9.97 Å². The minimum absolute atomic E-state index is 0.400. The Morgan fingerprint density at radius 3 is 3.00 bits per heavy atom. The maximum Gasteiger partial charge on any atom is 0.226 e. The summed E-state index contributed by atoms with van der Waals surface area (Å²) >= 11 is 3.22. The zero-order valence-electron chi connectivity index (χ0n) is 7.61. The molecule has 0 aromatic carbocycles. The van der Waals surface area contributed by atoms with Gasteiger partial charge in [-0.3, -0.25) is 5.10 Å². The van der Waals surface area contributed by atoms with Gasteiger partial charge in [0.2, 0.25) is 5.95 Å². The SMILES string of the molecule is Nc1cc(Br)nc(NCc2ncn[nH]2)n1. The van der Waals surface area contributed by atoms with Crippen LogP contribution in [0.5, 0.6) is 0 Å². The van der Waals surface area contributed by atoms with Gasteiger partial charge in [-0.15, -0.1) is 0 Å². The van der Waals surface area contributed by atoms with Gasteiger partial charge in [0.1, 0.15) is 22.6 Å². The molecule has 0 atom stereocenters. The van der Waals surface area contributed by atoms with Crippen molar-refractivity contribution in [3.8, 4) is 0 Å². The van der Waals surface area contributed by atoms with E-state index >= 15 is 0 Å². The van der Waals surface area contributed by atoms with Gasteiger partial charge in [0, 0.05) is 6.07 Å². The topological polar surface area (TPSA) is 105 Å². The summed E-state index contributed by atoms with van der Waals surface area (Å²) in [6.45, 7) is 0.468. The molecule has 0 aliphatic carbocycles. The summed E-state index contributed by atoms with van der Waals surface area (Å²) in [5.41, 5.74) is 5.55. The van der Waals surface area contributed by atoms with Crippen molar-refractivity contribution in [2.24, 2.45) is 0 Å². The number of aromatic amines is 1. The van der Waals surface area contributed by atoms with Crippen LogP contribution in [0, 0.1) is 0 Å². The van der Waals surface area contributed by atoms with Crippen molar-refractivity contribution in [2.45, 2.75) is 6.54 Å². The highest BCUT2D eigenvalue weighted by Gasteiger charge is 2.01. The van der Waals surface area contributed by atoms with Crippen molar-refractivity contribution < 1.29 is 0 Å². The molecule has 0 bridgehead atoms.